The van der Waals surface area contributed by atoms with Crippen LogP contribution < -0.4 is 0 Å². The molecule has 10 rings (SSSR count). The van der Waals surface area contributed by atoms with Gasteiger partial charge in [-0.2, -0.15) is 0 Å². The summed E-state index contributed by atoms with van der Waals surface area (Å²) in [5.74, 6) is 0.709. The van der Waals surface area contributed by atoms with Gasteiger partial charge in [-0.15, -0.1) is 22.7 Å². The third-order valence-corrected chi connectivity index (χ3v) is 10.6. The van der Waals surface area contributed by atoms with Crippen molar-refractivity contribution in [3.8, 4) is 17.2 Å². The highest BCUT2D eigenvalue weighted by molar-refractivity contribution is 7.27. The molecule has 4 heterocycles. The highest BCUT2D eigenvalue weighted by atomic mass is 32.1. The smallest absolute Gasteiger partial charge is 0.162 e. The van der Waals surface area contributed by atoms with Crippen molar-refractivity contribution in [2.45, 2.75) is 0 Å². The van der Waals surface area contributed by atoms with Gasteiger partial charge < -0.3 is 0 Å². The monoisotopic (exact) mass is 588 g/mol. The Bertz CT molecular complexity index is 3000. The first-order valence-corrected chi connectivity index (χ1v) is 15.6. The van der Waals surface area contributed by atoms with Gasteiger partial charge in [-0.1, -0.05) is 109 Å². The summed E-state index contributed by atoms with van der Waals surface area (Å²) in [5.41, 5.74) is 2.65. The van der Waals surface area contributed by atoms with E-state index >= 15 is 0 Å². The lowest BCUT2D eigenvalue weighted by molar-refractivity contribution is 1.09. The minimum Gasteiger partial charge on any atom is -0.291 e. The van der Waals surface area contributed by atoms with E-state index in [-0.39, 0.29) is 23.5 Å². The molecule has 0 aliphatic heterocycles. The molecule has 0 unspecified atom stereocenters. The van der Waals surface area contributed by atoms with Crippen LogP contribution in [0.25, 0.3) is 90.3 Å². The quantitative estimate of drug-likeness (QED) is 0.201. The van der Waals surface area contributed by atoms with Crippen LogP contribution >= 0.6 is 22.7 Å². The van der Waals surface area contributed by atoms with Gasteiger partial charge in [0, 0.05) is 41.9 Å². The number of hydrogen-bond acceptors (Lipinski definition) is 4. The molecule has 6 aromatic carbocycles. The maximum atomic E-state index is 8.82. The molecule has 200 valence electrons. The lowest BCUT2D eigenvalue weighted by atomic mass is 9.99. The fourth-order valence-electron chi connectivity index (χ4n) is 6.55. The van der Waals surface area contributed by atoms with Crippen LogP contribution in [0, 0.1) is 0 Å². The zero-order valence-electron chi connectivity index (χ0n) is 27.4. The molecule has 4 aromatic heterocycles. The number of fused-ring (bicyclic) bond motifs is 13. The molecule has 0 fully saturated rings. The van der Waals surface area contributed by atoms with E-state index in [9.17, 15) is 0 Å². The van der Waals surface area contributed by atoms with E-state index in [1.54, 1.807) is 22.7 Å². The molecule has 0 aliphatic carbocycles. The van der Waals surface area contributed by atoms with Gasteiger partial charge >= 0.3 is 0 Å². The topological polar surface area (TPSA) is 30.7 Å². The number of benzene rings is 6. The molecular weight excluding hydrogens is 563 g/mol. The van der Waals surface area contributed by atoms with Gasteiger partial charge in [0.05, 0.1) is 32.8 Å². The molecule has 5 heteroatoms. The molecule has 3 nitrogen and oxygen atoms in total. The second-order valence-electron chi connectivity index (χ2n) is 10.6. The number of aromatic nitrogens is 3. The number of hydrogen-bond donors (Lipinski definition) is 0. The maximum absolute atomic E-state index is 8.82. The van der Waals surface area contributed by atoms with E-state index in [1.165, 1.54) is 20.9 Å². The van der Waals surface area contributed by atoms with Crippen LogP contribution in [0.3, 0.4) is 0 Å². The molecule has 0 amide bonds. The fourth-order valence-corrected chi connectivity index (χ4v) is 8.93. The Kier molecular flexibility index (Phi) is 3.88. The van der Waals surface area contributed by atoms with Gasteiger partial charge in [-0.25, -0.2) is 9.97 Å². The van der Waals surface area contributed by atoms with Gasteiger partial charge in [0.2, 0.25) is 0 Å². The zero-order valence-corrected chi connectivity index (χ0v) is 24.0. The minimum atomic E-state index is -0.447. The van der Waals surface area contributed by atoms with Gasteiger partial charge in [-0.3, -0.25) is 4.57 Å². The molecule has 10 aromatic rings. The average molecular weight is 589 g/mol. The molecule has 0 radical (unpaired) electrons. The van der Waals surface area contributed by atoms with Gasteiger partial charge in [0.25, 0.3) is 0 Å². The van der Waals surface area contributed by atoms with Crippen molar-refractivity contribution in [1.82, 2.24) is 14.5 Å². The van der Waals surface area contributed by atoms with Gasteiger partial charge in [0.15, 0.2) is 11.6 Å². The highest BCUT2D eigenvalue weighted by Gasteiger charge is 2.25. The molecular formula is C38H21N3S2. The SMILES string of the molecule is [2H]c1c([2H])c([2H])c(-c2nc(-n3c4ccccc4c4c5ccccc5c5c6ccccc6sc5c43)c3sc4ccccc4c3n2)c([2H])c1[2H]. The van der Waals surface area contributed by atoms with E-state index in [0.717, 1.165) is 46.7 Å². The molecule has 0 N–H and O–H groups in total. The largest absolute Gasteiger partial charge is 0.291 e. The van der Waals surface area contributed by atoms with Gasteiger partial charge in [0.1, 0.15) is 0 Å². The minimum absolute atomic E-state index is 0.0161. The van der Waals surface area contributed by atoms with Gasteiger partial charge in [-0.05, 0) is 29.0 Å². The number of thiophene rings is 2. The Morgan fingerprint density at radius 2 is 1.16 bits per heavy atom. The second-order valence-corrected chi connectivity index (χ2v) is 12.7. The summed E-state index contributed by atoms with van der Waals surface area (Å²) in [6, 6.07) is 31.5. The van der Waals surface area contributed by atoms with Crippen molar-refractivity contribution in [1.29, 1.82) is 0 Å². The highest BCUT2D eigenvalue weighted by Crippen LogP contribution is 2.48. The molecule has 0 bridgehead atoms. The Balaban J connectivity index is 1.48. The summed E-state index contributed by atoms with van der Waals surface area (Å²) in [6.45, 7) is 0. The molecule has 43 heavy (non-hydrogen) atoms. The van der Waals surface area contributed by atoms with Crippen molar-refractivity contribution < 1.29 is 6.85 Å². The fraction of sp³-hybridized carbons (Fsp3) is 0. The summed E-state index contributed by atoms with van der Waals surface area (Å²) < 4.78 is 49.1. The summed E-state index contributed by atoms with van der Waals surface area (Å²) in [7, 11) is 0. The summed E-state index contributed by atoms with van der Waals surface area (Å²) >= 11 is 3.36. The van der Waals surface area contributed by atoms with Crippen LogP contribution in [0.15, 0.2) is 127 Å². The van der Waals surface area contributed by atoms with Crippen molar-refractivity contribution in [3.05, 3.63) is 127 Å². The standard InChI is InChI=1S/C38H21N3S2/c1-2-12-22(13-3-1)37-39-33-27-18-8-11-21-30(27)43-36(33)38(40-37)41-28-19-9-6-16-25(28)31-23-14-4-5-15-24(23)32-26-17-7-10-20-29(26)42-35(32)34(31)41/h1-21H/i1D,2D,3D,12D,13D. The Hall–Kier alpha value is -5.10. The van der Waals surface area contributed by atoms with Crippen LogP contribution in [0.5, 0.6) is 0 Å². The Morgan fingerprint density at radius 1 is 0.558 bits per heavy atom. The van der Waals surface area contributed by atoms with Crippen molar-refractivity contribution >= 4 is 95.7 Å². The van der Waals surface area contributed by atoms with E-state index in [1.807, 2.05) is 24.3 Å². The average Bonchev–Trinajstić information content (AvgIpc) is 3.80. The van der Waals surface area contributed by atoms with Crippen molar-refractivity contribution in [3.63, 3.8) is 0 Å². The Labute approximate surface area is 260 Å². The second kappa shape index (κ2) is 8.71. The van der Waals surface area contributed by atoms with Crippen molar-refractivity contribution in [2.75, 3.05) is 0 Å². The molecule has 0 spiro atoms. The van der Waals surface area contributed by atoms with Crippen molar-refractivity contribution in [2.24, 2.45) is 0 Å². The summed E-state index contributed by atoms with van der Waals surface area (Å²) in [6.07, 6.45) is 0. The van der Waals surface area contributed by atoms with E-state index in [2.05, 4.69) is 77.4 Å². The van der Waals surface area contributed by atoms with E-state index < -0.39 is 18.1 Å². The zero-order chi connectivity index (χ0) is 32.4. The normalized spacial score (nSPS) is 13.8. The summed E-state index contributed by atoms with van der Waals surface area (Å²) in [5, 5.41) is 7.85. The first kappa shape index (κ1) is 19.2. The van der Waals surface area contributed by atoms with Crippen LogP contribution in [-0.4, -0.2) is 14.5 Å². The number of rotatable bonds is 2. The van der Waals surface area contributed by atoms with Crippen LogP contribution in [-0.2, 0) is 0 Å². The first-order valence-electron chi connectivity index (χ1n) is 16.4. The van der Waals surface area contributed by atoms with Crippen LogP contribution in [0.4, 0.5) is 0 Å². The lowest BCUT2D eigenvalue weighted by Crippen LogP contribution is -2.01. The first-order chi connectivity index (χ1) is 23.4. The van der Waals surface area contributed by atoms with E-state index in [4.69, 9.17) is 16.8 Å². The third kappa shape index (κ3) is 3.18. The maximum Gasteiger partial charge on any atom is 0.162 e. The summed E-state index contributed by atoms with van der Waals surface area (Å²) in [4.78, 5) is 10.1. The molecule has 0 saturated heterocycles. The number of para-hydroxylation sites is 1. The predicted octanol–water partition coefficient (Wildman–Crippen LogP) is 11.1. The predicted molar refractivity (Wildman–Crippen MR) is 185 cm³/mol. The van der Waals surface area contributed by atoms with Crippen LogP contribution in [0.1, 0.15) is 6.85 Å². The lowest BCUT2D eigenvalue weighted by Gasteiger charge is -2.12. The number of nitrogens with zero attached hydrogens (tertiary/aromatic N) is 3. The third-order valence-electron chi connectivity index (χ3n) is 8.29. The Morgan fingerprint density at radius 3 is 1.95 bits per heavy atom. The molecule has 0 saturated carbocycles. The molecule has 0 atom stereocenters. The van der Waals surface area contributed by atoms with E-state index in [0.29, 0.717) is 11.3 Å². The van der Waals surface area contributed by atoms with Crippen LogP contribution in [0.2, 0.25) is 0 Å². The molecule has 0 aliphatic rings.